The molecule has 2 aromatic rings. The van der Waals surface area contributed by atoms with Crippen LogP contribution in [0.25, 0.3) is 0 Å². The van der Waals surface area contributed by atoms with Crippen LogP contribution in [0.3, 0.4) is 0 Å². The van der Waals surface area contributed by atoms with Gasteiger partial charge < -0.3 is 9.80 Å². The summed E-state index contributed by atoms with van der Waals surface area (Å²) < 4.78 is 0. The van der Waals surface area contributed by atoms with E-state index in [0.29, 0.717) is 23.6 Å². The second kappa shape index (κ2) is 6.04. The highest BCUT2D eigenvalue weighted by atomic mass is 35.5. The second-order valence-electron chi connectivity index (χ2n) is 5.82. The van der Waals surface area contributed by atoms with Crippen molar-refractivity contribution in [3.63, 3.8) is 0 Å². The van der Waals surface area contributed by atoms with Crippen LogP contribution < -0.4 is 9.80 Å². The minimum atomic E-state index is 0.480. The van der Waals surface area contributed by atoms with Gasteiger partial charge in [-0.15, -0.1) is 0 Å². The highest BCUT2D eigenvalue weighted by molar-refractivity contribution is 6.29. The van der Waals surface area contributed by atoms with Crippen LogP contribution in [0.15, 0.2) is 18.5 Å². The molecule has 0 atom stereocenters. The number of halogens is 1. The molecule has 1 fully saturated rings. The molecule has 0 aromatic carbocycles. The maximum Gasteiger partial charge on any atom is 0.224 e. The van der Waals surface area contributed by atoms with Gasteiger partial charge in [-0.3, -0.25) is 0 Å². The molecule has 0 amide bonds. The average molecular weight is 319 g/mol. The third-order valence-electron chi connectivity index (χ3n) is 3.54. The molecule has 3 rings (SSSR count). The van der Waals surface area contributed by atoms with E-state index in [1.165, 1.54) is 0 Å². The van der Waals surface area contributed by atoms with Crippen molar-refractivity contribution in [2.24, 2.45) is 0 Å². The van der Waals surface area contributed by atoms with Crippen LogP contribution >= 0.6 is 11.6 Å². The van der Waals surface area contributed by atoms with E-state index in [2.05, 4.69) is 19.9 Å². The standard InChI is InChI=1S/C15H19ClN6/c1-21(2)15-17-7-10(8-18-15)9-22(3)13-6-12(16)19-14(20-13)11-4-5-11/h6-8,11H,4-5,9H2,1-3H3. The summed E-state index contributed by atoms with van der Waals surface area (Å²) in [6.07, 6.45) is 5.99. The van der Waals surface area contributed by atoms with Gasteiger partial charge in [-0.2, -0.15) is 0 Å². The minimum absolute atomic E-state index is 0.480. The Labute approximate surface area is 135 Å². The van der Waals surface area contributed by atoms with Crippen molar-refractivity contribution in [3.8, 4) is 0 Å². The Morgan fingerprint density at radius 1 is 1.14 bits per heavy atom. The van der Waals surface area contributed by atoms with E-state index in [-0.39, 0.29) is 0 Å². The fourth-order valence-corrected chi connectivity index (χ4v) is 2.34. The molecule has 0 unspecified atom stereocenters. The number of anilines is 2. The molecule has 0 radical (unpaired) electrons. The maximum absolute atomic E-state index is 6.12. The lowest BCUT2D eigenvalue weighted by atomic mass is 10.3. The topological polar surface area (TPSA) is 58.0 Å². The Kier molecular flexibility index (Phi) is 4.11. The first-order valence-corrected chi connectivity index (χ1v) is 7.64. The zero-order chi connectivity index (χ0) is 15.7. The van der Waals surface area contributed by atoms with Crippen LogP contribution in [0.1, 0.15) is 30.1 Å². The van der Waals surface area contributed by atoms with E-state index in [4.69, 9.17) is 11.6 Å². The first-order chi connectivity index (χ1) is 10.5. The Bertz CT molecular complexity index is 654. The zero-order valence-electron chi connectivity index (χ0n) is 13.0. The van der Waals surface area contributed by atoms with E-state index in [0.717, 1.165) is 30.0 Å². The molecule has 2 aromatic heterocycles. The van der Waals surface area contributed by atoms with Crippen molar-refractivity contribution in [1.29, 1.82) is 0 Å². The van der Waals surface area contributed by atoms with Gasteiger partial charge in [0.05, 0.1) is 0 Å². The van der Waals surface area contributed by atoms with Crippen LogP contribution in [-0.2, 0) is 6.54 Å². The van der Waals surface area contributed by atoms with Crippen LogP contribution in [-0.4, -0.2) is 41.1 Å². The molecular weight excluding hydrogens is 300 g/mol. The molecule has 7 heteroatoms. The normalized spacial score (nSPS) is 14.0. The smallest absolute Gasteiger partial charge is 0.224 e. The summed E-state index contributed by atoms with van der Waals surface area (Å²) in [7, 11) is 5.82. The Morgan fingerprint density at radius 3 is 2.41 bits per heavy atom. The van der Waals surface area contributed by atoms with Gasteiger partial charge in [0.25, 0.3) is 0 Å². The lowest BCUT2D eigenvalue weighted by Crippen LogP contribution is -2.19. The summed E-state index contributed by atoms with van der Waals surface area (Å²) in [6.45, 7) is 0.672. The first kappa shape index (κ1) is 15.0. The first-order valence-electron chi connectivity index (χ1n) is 7.27. The van der Waals surface area contributed by atoms with Gasteiger partial charge in [-0.1, -0.05) is 11.6 Å². The van der Waals surface area contributed by atoms with E-state index < -0.39 is 0 Å². The van der Waals surface area contributed by atoms with Gasteiger partial charge >= 0.3 is 0 Å². The predicted octanol–water partition coefficient (Wildman–Crippen LogP) is 2.50. The average Bonchev–Trinajstić information content (AvgIpc) is 3.31. The number of hydrogen-bond acceptors (Lipinski definition) is 6. The Balaban J connectivity index is 1.74. The zero-order valence-corrected chi connectivity index (χ0v) is 13.7. The fraction of sp³-hybridized carbons (Fsp3) is 0.467. The highest BCUT2D eigenvalue weighted by Crippen LogP contribution is 2.39. The summed E-state index contributed by atoms with van der Waals surface area (Å²) in [5, 5.41) is 0.498. The monoisotopic (exact) mass is 318 g/mol. The number of hydrogen-bond donors (Lipinski definition) is 0. The molecule has 2 heterocycles. The van der Waals surface area contributed by atoms with Crippen molar-refractivity contribution < 1.29 is 0 Å². The minimum Gasteiger partial charge on any atom is -0.355 e. The summed E-state index contributed by atoms with van der Waals surface area (Å²) >= 11 is 6.12. The van der Waals surface area contributed by atoms with Crippen LogP contribution in [0.5, 0.6) is 0 Å². The summed E-state index contributed by atoms with van der Waals surface area (Å²) in [6, 6.07) is 1.79. The molecule has 1 aliphatic rings. The molecule has 1 aliphatic carbocycles. The van der Waals surface area contributed by atoms with E-state index in [1.807, 2.05) is 43.3 Å². The molecular formula is C15H19ClN6. The van der Waals surface area contributed by atoms with Crippen LogP contribution in [0.4, 0.5) is 11.8 Å². The predicted molar refractivity (Wildman–Crippen MR) is 87.5 cm³/mol. The van der Waals surface area contributed by atoms with Gasteiger partial charge in [-0.25, -0.2) is 19.9 Å². The van der Waals surface area contributed by atoms with Crippen molar-refractivity contribution in [1.82, 2.24) is 19.9 Å². The third-order valence-corrected chi connectivity index (χ3v) is 3.74. The Morgan fingerprint density at radius 2 is 1.82 bits per heavy atom. The SMILES string of the molecule is CN(C)c1ncc(CN(C)c2cc(Cl)nc(C3CC3)n2)cn1. The van der Waals surface area contributed by atoms with E-state index >= 15 is 0 Å². The highest BCUT2D eigenvalue weighted by Gasteiger charge is 2.27. The van der Waals surface area contributed by atoms with Crippen LogP contribution in [0.2, 0.25) is 5.15 Å². The molecule has 0 N–H and O–H groups in total. The molecule has 6 nitrogen and oxygen atoms in total. The van der Waals surface area contributed by atoms with Crippen LogP contribution in [0, 0.1) is 0 Å². The number of aromatic nitrogens is 4. The quantitative estimate of drug-likeness (QED) is 0.789. The molecule has 0 aliphatic heterocycles. The second-order valence-corrected chi connectivity index (χ2v) is 6.21. The summed E-state index contributed by atoms with van der Waals surface area (Å²) in [4.78, 5) is 21.5. The summed E-state index contributed by atoms with van der Waals surface area (Å²) in [5.74, 6) is 2.87. The lowest BCUT2D eigenvalue weighted by Gasteiger charge is -2.19. The third kappa shape index (κ3) is 3.44. The molecule has 22 heavy (non-hydrogen) atoms. The molecule has 0 spiro atoms. The number of nitrogens with zero attached hydrogens (tertiary/aromatic N) is 6. The Hall–Kier alpha value is -1.95. The van der Waals surface area contributed by atoms with E-state index in [1.54, 1.807) is 6.07 Å². The van der Waals surface area contributed by atoms with Gasteiger partial charge in [0.15, 0.2) is 0 Å². The van der Waals surface area contributed by atoms with Crippen molar-refractivity contribution in [2.45, 2.75) is 25.3 Å². The largest absolute Gasteiger partial charge is 0.355 e. The van der Waals surface area contributed by atoms with Gasteiger partial charge in [0, 0.05) is 57.6 Å². The molecule has 1 saturated carbocycles. The maximum atomic E-state index is 6.12. The summed E-state index contributed by atoms with van der Waals surface area (Å²) in [5.41, 5.74) is 1.02. The van der Waals surface area contributed by atoms with Crippen molar-refractivity contribution in [3.05, 3.63) is 35.0 Å². The van der Waals surface area contributed by atoms with Crippen molar-refractivity contribution >= 4 is 23.4 Å². The van der Waals surface area contributed by atoms with Gasteiger partial charge in [0.2, 0.25) is 5.95 Å². The van der Waals surface area contributed by atoms with Gasteiger partial charge in [-0.05, 0) is 12.8 Å². The van der Waals surface area contributed by atoms with E-state index in [9.17, 15) is 0 Å². The molecule has 0 bridgehead atoms. The van der Waals surface area contributed by atoms with Gasteiger partial charge in [0.1, 0.15) is 16.8 Å². The molecule has 116 valence electrons. The molecule has 0 saturated heterocycles. The fourth-order valence-electron chi connectivity index (χ4n) is 2.16. The number of rotatable bonds is 5. The van der Waals surface area contributed by atoms with Crippen molar-refractivity contribution in [2.75, 3.05) is 30.9 Å². The lowest BCUT2D eigenvalue weighted by molar-refractivity contribution is 0.844.